The van der Waals surface area contributed by atoms with Gasteiger partial charge >= 0.3 is 0 Å². The molecule has 4 heteroatoms. The fraction of sp³-hybridized carbons (Fsp3) is 0.357. The molecule has 1 nitrogen and oxygen atoms in total. The lowest BCUT2D eigenvalue weighted by atomic mass is 10.0. The Labute approximate surface area is 118 Å². The third-order valence-electron chi connectivity index (χ3n) is 3.57. The standard InChI is InChI=1S/C14H12BrClFN/c15-9-5-10-11(16)7-13(8-3-1-2-4-8)18-14(10)12(17)6-9/h5-8H,1-4H2. The molecule has 0 radical (unpaired) electrons. The van der Waals surface area contributed by atoms with E-state index < -0.39 is 0 Å². The van der Waals surface area contributed by atoms with Gasteiger partial charge in [0.2, 0.25) is 0 Å². The van der Waals surface area contributed by atoms with E-state index in [9.17, 15) is 4.39 Å². The van der Waals surface area contributed by atoms with Gasteiger partial charge in [-0.3, -0.25) is 0 Å². The van der Waals surface area contributed by atoms with E-state index in [0.29, 0.717) is 26.3 Å². The molecule has 1 aromatic carbocycles. The molecule has 0 atom stereocenters. The van der Waals surface area contributed by atoms with Crippen LogP contribution in [0.3, 0.4) is 0 Å². The number of benzene rings is 1. The van der Waals surface area contributed by atoms with Crippen molar-refractivity contribution in [1.82, 2.24) is 4.98 Å². The minimum atomic E-state index is -0.318. The zero-order valence-electron chi connectivity index (χ0n) is 9.72. The third kappa shape index (κ3) is 2.14. The first-order chi connectivity index (χ1) is 8.65. The lowest BCUT2D eigenvalue weighted by molar-refractivity contribution is 0.632. The first-order valence-electron chi connectivity index (χ1n) is 6.10. The smallest absolute Gasteiger partial charge is 0.150 e. The topological polar surface area (TPSA) is 12.9 Å². The SMILES string of the molecule is Fc1cc(Br)cc2c(Cl)cc(C3CCCC3)nc12. The number of hydrogen-bond acceptors (Lipinski definition) is 1. The van der Waals surface area contributed by atoms with Crippen LogP contribution < -0.4 is 0 Å². The first kappa shape index (κ1) is 12.4. The van der Waals surface area contributed by atoms with Crippen molar-refractivity contribution in [2.75, 3.05) is 0 Å². The molecule has 0 aliphatic heterocycles. The first-order valence-corrected chi connectivity index (χ1v) is 7.27. The summed E-state index contributed by atoms with van der Waals surface area (Å²) in [5, 5.41) is 1.26. The zero-order chi connectivity index (χ0) is 12.7. The molecule has 0 saturated heterocycles. The van der Waals surface area contributed by atoms with E-state index in [1.165, 1.54) is 18.9 Å². The highest BCUT2D eigenvalue weighted by Crippen LogP contribution is 2.36. The number of fused-ring (bicyclic) bond motifs is 1. The summed E-state index contributed by atoms with van der Waals surface area (Å²) in [6.07, 6.45) is 4.72. The Morgan fingerprint density at radius 2 is 1.94 bits per heavy atom. The number of aromatic nitrogens is 1. The van der Waals surface area contributed by atoms with Gasteiger partial charge in [0.05, 0.1) is 5.02 Å². The number of rotatable bonds is 1. The zero-order valence-corrected chi connectivity index (χ0v) is 12.1. The lowest BCUT2D eigenvalue weighted by Gasteiger charge is -2.11. The molecule has 1 aliphatic carbocycles. The molecule has 1 heterocycles. The van der Waals surface area contributed by atoms with Gasteiger partial charge < -0.3 is 0 Å². The average molecular weight is 329 g/mol. The van der Waals surface area contributed by atoms with Crippen LogP contribution in [-0.4, -0.2) is 4.98 Å². The van der Waals surface area contributed by atoms with E-state index in [2.05, 4.69) is 20.9 Å². The summed E-state index contributed by atoms with van der Waals surface area (Å²) >= 11 is 9.53. The van der Waals surface area contributed by atoms with Crippen molar-refractivity contribution < 1.29 is 4.39 Å². The molecule has 1 saturated carbocycles. The summed E-state index contributed by atoms with van der Waals surface area (Å²) in [7, 11) is 0. The van der Waals surface area contributed by atoms with Gasteiger partial charge in [0, 0.05) is 21.5 Å². The highest BCUT2D eigenvalue weighted by molar-refractivity contribution is 9.10. The molecular weight excluding hydrogens is 317 g/mol. The van der Waals surface area contributed by atoms with Crippen molar-refractivity contribution in [3.05, 3.63) is 39.2 Å². The molecule has 2 aromatic rings. The van der Waals surface area contributed by atoms with Crippen LogP contribution in [0.5, 0.6) is 0 Å². The maximum atomic E-state index is 13.9. The van der Waals surface area contributed by atoms with Crippen molar-refractivity contribution in [1.29, 1.82) is 0 Å². The molecule has 0 spiro atoms. The van der Waals surface area contributed by atoms with Crippen molar-refractivity contribution in [2.45, 2.75) is 31.6 Å². The van der Waals surface area contributed by atoms with Gasteiger partial charge in [-0.05, 0) is 31.0 Å². The summed E-state index contributed by atoms with van der Waals surface area (Å²) in [6, 6.07) is 5.14. The largest absolute Gasteiger partial charge is 0.249 e. The van der Waals surface area contributed by atoms with Gasteiger partial charge in [0.15, 0.2) is 5.82 Å². The fourth-order valence-electron chi connectivity index (χ4n) is 2.66. The highest BCUT2D eigenvalue weighted by atomic mass is 79.9. The molecule has 0 unspecified atom stereocenters. The predicted molar refractivity (Wildman–Crippen MR) is 75.6 cm³/mol. The molecule has 94 valence electrons. The van der Waals surface area contributed by atoms with Crippen LogP contribution in [0.1, 0.15) is 37.3 Å². The molecule has 0 amide bonds. The normalized spacial score (nSPS) is 16.6. The van der Waals surface area contributed by atoms with E-state index in [-0.39, 0.29) is 5.82 Å². The number of hydrogen-bond donors (Lipinski definition) is 0. The minimum absolute atomic E-state index is 0.318. The van der Waals surface area contributed by atoms with Gasteiger partial charge in [-0.25, -0.2) is 9.37 Å². The van der Waals surface area contributed by atoms with E-state index in [4.69, 9.17) is 11.6 Å². The molecule has 0 N–H and O–H groups in total. The van der Waals surface area contributed by atoms with Crippen molar-refractivity contribution in [2.24, 2.45) is 0 Å². The van der Waals surface area contributed by atoms with Gasteiger partial charge in [-0.15, -0.1) is 0 Å². The maximum absolute atomic E-state index is 13.9. The van der Waals surface area contributed by atoms with Gasteiger partial charge in [0.1, 0.15) is 5.52 Å². The van der Waals surface area contributed by atoms with Crippen LogP contribution in [0.2, 0.25) is 5.02 Å². The predicted octanol–water partition coefficient (Wildman–Crippen LogP) is 5.45. The Morgan fingerprint density at radius 1 is 1.22 bits per heavy atom. The van der Waals surface area contributed by atoms with Crippen LogP contribution in [0.15, 0.2) is 22.7 Å². The van der Waals surface area contributed by atoms with E-state index in [1.807, 2.05) is 12.1 Å². The Balaban J connectivity index is 2.20. The summed E-state index contributed by atoms with van der Waals surface area (Å²) in [6.45, 7) is 0. The second kappa shape index (κ2) is 4.78. The fourth-order valence-corrected chi connectivity index (χ4v) is 3.35. The number of halogens is 3. The van der Waals surface area contributed by atoms with E-state index >= 15 is 0 Å². The minimum Gasteiger partial charge on any atom is -0.249 e. The van der Waals surface area contributed by atoms with Crippen molar-refractivity contribution in [3.8, 4) is 0 Å². The van der Waals surface area contributed by atoms with E-state index in [0.717, 1.165) is 18.5 Å². The molecule has 1 aliphatic rings. The van der Waals surface area contributed by atoms with Crippen LogP contribution in [0, 0.1) is 5.82 Å². The Morgan fingerprint density at radius 3 is 2.67 bits per heavy atom. The summed E-state index contributed by atoms with van der Waals surface area (Å²) in [5.74, 6) is 0.121. The Hall–Kier alpha value is -0.670. The number of nitrogens with zero attached hydrogens (tertiary/aromatic N) is 1. The molecule has 18 heavy (non-hydrogen) atoms. The van der Waals surface area contributed by atoms with Crippen molar-refractivity contribution in [3.63, 3.8) is 0 Å². The van der Waals surface area contributed by atoms with Crippen molar-refractivity contribution >= 4 is 38.4 Å². The molecule has 3 rings (SSSR count). The third-order valence-corrected chi connectivity index (χ3v) is 4.34. The second-order valence-corrected chi connectivity index (χ2v) is 6.12. The van der Waals surface area contributed by atoms with Gasteiger partial charge in [-0.1, -0.05) is 40.4 Å². The lowest BCUT2D eigenvalue weighted by Crippen LogP contribution is -1.98. The Kier molecular flexibility index (Phi) is 3.29. The Bertz CT molecular complexity index is 608. The summed E-state index contributed by atoms with van der Waals surface area (Å²) in [4.78, 5) is 4.48. The molecule has 1 fully saturated rings. The second-order valence-electron chi connectivity index (χ2n) is 4.79. The van der Waals surface area contributed by atoms with Gasteiger partial charge in [0.25, 0.3) is 0 Å². The van der Waals surface area contributed by atoms with E-state index in [1.54, 1.807) is 0 Å². The number of pyridine rings is 1. The summed E-state index contributed by atoms with van der Waals surface area (Å²) in [5.41, 5.74) is 1.32. The highest BCUT2D eigenvalue weighted by Gasteiger charge is 2.20. The van der Waals surface area contributed by atoms with Crippen LogP contribution in [0.25, 0.3) is 10.9 Å². The molecular formula is C14H12BrClFN. The molecule has 1 aromatic heterocycles. The summed E-state index contributed by atoms with van der Waals surface area (Å²) < 4.78 is 14.6. The molecule has 0 bridgehead atoms. The van der Waals surface area contributed by atoms with Crippen LogP contribution in [0.4, 0.5) is 4.39 Å². The van der Waals surface area contributed by atoms with Crippen LogP contribution >= 0.6 is 27.5 Å². The quantitative estimate of drug-likeness (QED) is 0.678. The van der Waals surface area contributed by atoms with Gasteiger partial charge in [-0.2, -0.15) is 0 Å². The monoisotopic (exact) mass is 327 g/mol. The maximum Gasteiger partial charge on any atom is 0.150 e. The van der Waals surface area contributed by atoms with Crippen LogP contribution in [-0.2, 0) is 0 Å². The average Bonchev–Trinajstić information content (AvgIpc) is 2.83.